The molecule has 1 aromatic heterocycles. The Morgan fingerprint density at radius 1 is 0.852 bits per heavy atom. The first kappa shape index (κ1) is 20.9. The lowest BCUT2D eigenvalue weighted by Gasteiger charge is -2.13. The Morgan fingerprint density at radius 2 is 1.44 bits per heavy atom. The number of rotatable bonds is 3. The maximum Gasteiger partial charge on any atom is 0.423 e. The van der Waals surface area contributed by atoms with E-state index >= 15 is 0 Å². The third kappa shape index (κ3) is 4.00. The number of benzene rings is 2. The normalized spacial score (nSPS) is 11.4. The first-order valence-corrected chi connectivity index (χ1v) is 7.24. The Balaban J connectivity index is 0.00000261. The number of halogens is 8. The Labute approximate surface area is 159 Å². The molecule has 0 fully saturated rings. The molecule has 0 aliphatic carbocycles. The molecule has 10 heteroatoms. The highest BCUT2D eigenvalue weighted by atomic mass is 79.9. The molecular weight excluding hydrogens is 445 g/mol. The van der Waals surface area contributed by atoms with Gasteiger partial charge in [-0.25, -0.2) is 17.7 Å². The molecule has 0 spiro atoms. The van der Waals surface area contributed by atoms with Crippen molar-refractivity contribution in [2.75, 3.05) is 0 Å². The summed E-state index contributed by atoms with van der Waals surface area (Å²) in [6, 6.07) is 8.78. The average Bonchev–Trinajstić information content (AvgIpc) is 3.03. The quantitative estimate of drug-likeness (QED) is 0.245. The highest BCUT2D eigenvalue weighted by Gasteiger charge is 2.44. The second-order valence-electron chi connectivity index (χ2n) is 5.46. The van der Waals surface area contributed by atoms with Crippen LogP contribution in [0.1, 0.15) is 11.1 Å². The maximum atomic E-state index is 14.0. The molecule has 0 radical (unpaired) electrons. The van der Waals surface area contributed by atoms with E-state index in [1.807, 2.05) is 0 Å². The molecule has 0 atom stereocenters. The molecule has 2 aromatic carbocycles. The third-order valence-electron chi connectivity index (χ3n) is 3.68. The minimum Gasteiger partial charge on any atom is -1.00 e. The molecule has 3 rings (SSSR count). The summed E-state index contributed by atoms with van der Waals surface area (Å²) in [4.78, 5) is 0. The lowest BCUT2D eigenvalue weighted by Crippen LogP contribution is -3.00. The van der Waals surface area contributed by atoms with Gasteiger partial charge in [-0.1, -0.05) is 30.3 Å². The molecule has 144 valence electrons. The molecule has 0 bridgehead atoms. The lowest BCUT2D eigenvalue weighted by atomic mass is 10.1. The highest BCUT2D eigenvalue weighted by molar-refractivity contribution is 5.46. The van der Waals surface area contributed by atoms with E-state index in [0.29, 0.717) is 4.57 Å². The van der Waals surface area contributed by atoms with E-state index in [4.69, 9.17) is 0 Å². The van der Waals surface area contributed by atoms with Crippen LogP contribution in [0.15, 0.2) is 49.1 Å². The molecule has 2 nitrogen and oxygen atoms in total. The number of aromatic nitrogens is 2. The number of imidazole rings is 1. The van der Waals surface area contributed by atoms with Crippen LogP contribution >= 0.6 is 0 Å². The van der Waals surface area contributed by atoms with E-state index in [9.17, 15) is 30.7 Å². The van der Waals surface area contributed by atoms with Gasteiger partial charge in [-0.2, -0.15) is 22.1 Å². The fourth-order valence-corrected chi connectivity index (χ4v) is 2.54. The predicted octanol–water partition coefficient (Wildman–Crippen LogP) is 1.39. The number of nitrogens with zero attached hydrogens (tertiary/aromatic N) is 2. The molecule has 0 saturated carbocycles. The summed E-state index contributed by atoms with van der Waals surface area (Å²) in [6.07, 6.45) is -2.11. The van der Waals surface area contributed by atoms with Crippen LogP contribution in [-0.2, 0) is 12.7 Å². The van der Waals surface area contributed by atoms with Gasteiger partial charge in [0, 0.05) is 0 Å². The van der Waals surface area contributed by atoms with Gasteiger partial charge in [-0.15, -0.1) is 0 Å². The van der Waals surface area contributed by atoms with Gasteiger partial charge < -0.3 is 17.0 Å². The van der Waals surface area contributed by atoms with Crippen LogP contribution in [0.3, 0.4) is 0 Å². The standard InChI is InChI=1S/C17H10F7N2.BrH/c18-12-11(17(22,23)24)16(15(21)14(20)13(12)19)26-7-6-25(9-26)8-10-4-2-1-3-5-10;/h1-7,9H,8H2;1H/q+1;/p-1. The molecular formula is C17H10BrF7N2. The van der Waals surface area contributed by atoms with Crippen molar-refractivity contribution >= 4 is 0 Å². The van der Waals surface area contributed by atoms with Crippen molar-refractivity contribution in [3.8, 4) is 5.69 Å². The summed E-state index contributed by atoms with van der Waals surface area (Å²) in [5.74, 6) is -9.44. The second kappa shape index (κ2) is 7.71. The summed E-state index contributed by atoms with van der Waals surface area (Å²) in [5, 5.41) is 0. The number of hydrogen-bond acceptors (Lipinski definition) is 0. The smallest absolute Gasteiger partial charge is 0.423 e. The van der Waals surface area contributed by atoms with Gasteiger partial charge >= 0.3 is 6.18 Å². The van der Waals surface area contributed by atoms with Gasteiger partial charge in [0.05, 0.1) is 0 Å². The summed E-state index contributed by atoms with van der Waals surface area (Å²) < 4.78 is 95.8. The van der Waals surface area contributed by atoms with E-state index in [-0.39, 0.29) is 23.5 Å². The molecule has 0 N–H and O–H groups in total. The highest BCUT2D eigenvalue weighted by Crippen LogP contribution is 2.39. The largest absolute Gasteiger partial charge is 1.00 e. The van der Waals surface area contributed by atoms with Crippen molar-refractivity contribution in [1.82, 2.24) is 4.57 Å². The molecule has 0 aliphatic rings. The van der Waals surface area contributed by atoms with Gasteiger partial charge in [0.2, 0.25) is 18.0 Å². The van der Waals surface area contributed by atoms with Crippen LogP contribution in [0.4, 0.5) is 30.7 Å². The van der Waals surface area contributed by atoms with E-state index in [1.54, 1.807) is 30.3 Å². The van der Waals surface area contributed by atoms with Crippen LogP contribution < -0.4 is 21.5 Å². The first-order valence-electron chi connectivity index (χ1n) is 7.24. The fourth-order valence-electron chi connectivity index (χ4n) is 2.54. The zero-order valence-electron chi connectivity index (χ0n) is 13.2. The number of hydrogen-bond donors (Lipinski definition) is 0. The maximum absolute atomic E-state index is 14.0. The molecule has 27 heavy (non-hydrogen) atoms. The lowest BCUT2D eigenvalue weighted by molar-refractivity contribution is -0.687. The predicted molar refractivity (Wildman–Crippen MR) is 76.3 cm³/mol. The summed E-state index contributed by atoms with van der Waals surface area (Å²) in [6.45, 7) is 0.225. The number of alkyl halides is 3. The van der Waals surface area contributed by atoms with Crippen LogP contribution in [0.25, 0.3) is 5.69 Å². The second-order valence-corrected chi connectivity index (χ2v) is 5.46. The Bertz CT molecular complexity index is 952. The van der Waals surface area contributed by atoms with Crippen molar-refractivity contribution in [1.29, 1.82) is 0 Å². The van der Waals surface area contributed by atoms with Crippen LogP contribution in [0.2, 0.25) is 0 Å². The van der Waals surface area contributed by atoms with E-state index < -0.39 is 40.7 Å². The SMILES string of the molecule is Fc1c(F)c(F)c(C(F)(F)F)c(-n2cc[n+](Cc3ccccc3)c2)c1F.[Br-]. The van der Waals surface area contributed by atoms with Crippen LogP contribution in [0, 0.1) is 23.3 Å². The first-order chi connectivity index (χ1) is 12.2. The minimum absolute atomic E-state index is 0. The minimum atomic E-state index is -5.43. The third-order valence-corrected chi connectivity index (χ3v) is 3.68. The average molecular weight is 455 g/mol. The van der Waals surface area contributed by atoms with Gasteiger partial charge in [0.15, 0.2) is 17.3 Å². The molecule has 3 aromatic rings. The van der Waals surface area contributed by atoms with Gasteiger partial charge in [-0.05, 0) is 5.56 Å². The van der Waals surface area contributed by atoms with E-state index in [0.717, 1.165) is 18.1 Å². The molecule has 0 saturated heterocycles. The van der Waals surface area contributed by atoms with Crippen molar-refractivity contribution in [3.63, 3.8) is 0 Å². The van der Waals surface area contributed by atoms with Crippen molar-refractivity contribution in [2.24, 2.45) is 0 Å². The summed E-state index contributed by atoms with van der Waals surface area (Å²) >= 11 is 0. The van der Waals surface area contributed by atoms with Crippen LogP contribution in [0.5, 0.6) is 0 Å². The summed E-state index contributed by atoms with van der Waals surface area (Å²) in [7, 11) is 0. The van der Waals surface area contributed by atoms with Crippen molar-refractivity contribution in [3.05, 3.63) is 83.4 Å². The monoisotopic (exact) mass is 454 g/mol. The zero-order valence-corrected chi connectivity index (χ0v) is 14.8. The topological polar surface area (TPSA) is 8.81 Å². The van der Waals surface area contributed by atoms with Gasteiger partial charge in [0.1, 0.15) is 24.5 Å². The molecule has 0 aliphatic heterocycles. The van der Waals surface area contributed by atoms with Gasteiger partial charge in [-0.3, -0.25) is 0 Å². The molecule has 0 unspecified atom stereocenters. The molecule has 1 heterocycles. The Morgan fingerprint density at radius 3 is 2.04 bits per heavy atom. The van der Waals surface area contributed by atoms with E-state index in [1.165, 1.54) is 10.8 Å². The van der Waals surface area contributed by atoms with Gasteiger partial charge in [0.25, 0.3) is 0 Å². The Hall–Kier alpha value is -2.36. The van der Waals surface area contributed by atoms with Crippen LogP contribution in [-0.4, -0.2) is 4.57 Å². The summed E-state index contributed by atoms with van der Waals surface area (Å²) in [5.41, 5.74) is -2.86. The zero-order chi connectivity index (χ0) is 19.1. The Kier molecular flexibility index (Phi) is 5.98. The van der Waals surface area contributed by atoms with Crippen molar-refractivity contribution < 1.29 is 52.3 Å². The molecule has 0 amide bonds. The van der Waals surface area contributed by atoms with E-state index in [2.05, 4.69) is 0 Å². The van der Waals surface area contributed by atoms with Crippen molar-refractivity contribution in [2.45, 2.75) is 12.7 Å². The fraction of sp³-hybridized carbons (Fsp3) is 0.118.